The second-order valence-electron chi connectivity index (χ2n) is 3.60. The summed E-state index contributed by atoms with van der Waals surface area (Å²) in [6, 6.07) is 4.35. The summed E-state index contributed by atoms with van der Waals surface area (Å²) >= 11 is 5.69. The fourth-order valence-electron chi connectivity index (χ4n) is 1.42. The van der Waals surface area contributed by atoms with E-state index in [1.54, 1.807) is 25.1 Å². The van der Waals surface area contributed by atoms with Crippen molar-refractivity contribution in [1.29, 1.82) is 0 Å². The molecule has 0 aromatic carbocycles. The van der Waals surface area contributed by atoms with Gasteiger partial charge in [0.2, 0.25) is 0 Å². The smallest absolute Gasteiger partial charge is 0.270 e. The third-order valence-corrected chi connectivity index (χ3v) is 2.61. The van der Waals surface area contributed by atoms with E-state index >= 15 is 0 Å². The number of carbonyl (C=O) groups excluding carboxylic acids is 2. The molecule has 1 unspecified atom stereocenters. The van der Waals surface area contributed by atoms with E-state index in [0.717, 1.165) is 0 Å². The van der Waals surface area contributed by atoms with Gasteiger partial charge in [0.15, 0.2) is 5.78 Å². The molecule has 0 radical (unpaired) electrons. The minimum Gasteiger partial charge on any atom is -0.341 e. The Hall–Kier alpha value is -1.42. The number of hydrogen-bond donors (Lipinski definition) is 1. The molecule has 0 saturated carbocycles. The highest BCUT2D eigenvalue weighted by molar-refractivity contribution is 6.29. The lowest BCUT2D eigenvalue weighted by Gasteiger charge is -2.14. The predicted octanol–water partition coefficient (Wildman–Crippen LogP) is 2.22. The zero-order chi connectivity index (χ0) is 12.8. The van der Waals surface area contributed by atoms with Gasteiger partial charge in [0.25, 0.3) is 5.91 Å². The Morgan fingerprint density at radius 2 is 2.12 bits per heavy atom. The largest absolute Gasteiger partial charge is 0.341 e. The van der Waals surface area contributed by atoms with Gasteiger partial charge in [-0.3, -0.25) is 9.59 Å². The van der Waals surface area contributed by atoms with Crippen molar-refractivity contribution in [3.8, 4) is 0 Å². The Labute approximate surface area is 105 Å². The Kier molecular flexibility index (Phi) is 5.10. The van der Waals surface area contributed by atoms with Gasteiger partial charge in [0, 0.05) is 6.42 Å². The predicted molar refractivity (Wildman–Crippen MR) is 66.1 cm³/mol. The maximum atomic E-state index is 11.8. The van der Waals surface area contributed by atoms with Crippen molar-refractivity contribution in [3.63, 3.8) is 0 Å². The molecule has 92 valence electrons. The highest BCUT2D eigenvalue weighted by Gasteiger charge is 2.18. The molecule has 1 aromatic rings. The van der Waals surface area contributed by atoms with Crippen molar-refractivity contribution < 1.29 is 9.59 Å². The average Bonchev–Trinajstić information content (AvgIpc) is 2.34. The zero-order valence-corrected chi connectivity index (χ0v) is 10.6. The summed E-state index contributed by atoms with van der Waals surface area (Å²) in [5.74, 6) is -0.357. The van der Waals surface area contributed by atoms with Crippen LogP contribution in [0.25, 0.3) is 0 Å². The van der Waals surface area contributed by atoms with Crippen LogP contribution in [-0.4, -0.2) is 22.7 Å². The van der Waals surface area contributed by atoms with E-state index in [9.17, 15) is 9.59 Å². The molecule has 0 fully saturated rings. The second-order valence-corrected chi connectivity index (χ2v) is 3.99. The number of aromatic nitrogens is 1. The molecule has 1 heterocycles. The minimum absolute atomic E-state index is 0.0166. The molecular weight excluding hydrogens is 240 g/mol. The number of carbonyl (C=O) groups is 2. The van der Waals surface area contributed by atoms with Gasteiger partial charge in [-0.15, -0.1) is 0 Å². The van der Waals surface area contributed by atoms with Crippen LogP contribution in [0.5, 0.6) is 0 Å². The lowest BCUT2D eigenvalue weighted by Crippen LogP contribution is -2.40. The lowest BCUT2D eigenvalue weighted by molar-refractivity contribution is -0.120. The number of ketones is 1. The molecule has 1 aromatic heterocycles. The minimum atomic E-state index is -0.451. The Morgan fingerprint density at radius 3 is 2.65 bits per heavy atom. The molecule has 0 aliphatic rings. The topological polar surface area (TPSA) is 59.1 Å². The van der Waals surface area contributed by atoms with Crippen LogP contribution >= 0.6 is 11.6 Å². The van der Waals surface area contributed by atoms with Gasteiger partial charge in [-0.2, -0.15) is 0 Å². The number of halogens is 1. The first kappa shape index (κ1) is 13.6. The van der Waals surface area contributed by atoms with Crippen molar-refractivity contribution in [3.05, 3.63) is 29.0 Å². The normalized spacial score (nSPS) is 11.9. The van der Waals surface area contributed by atoms with E-state index in [2.05, 4.69) is 10.3 Å². The average molecular weight is 255 g/mol. The molecule has 4 nitrogen and oxygen atoms in total. The molecular formula is C12H15ClN2O2. The van der Waals surface area contributed by atoms with Crippen LogP contribution in [0.1, 0.15) is 37.2 Å². The summed E-state index contributed by atoms with van der Waals surface area (Å²) in [5.41, 5.74) is 0.222. The van der Waals surface area contributed by atoms with Gasteiger partial charge in [0.05, 0.1) is 6.04 Å². The molecule has 0 aliphatic heterocycles. The molecule has 17 heavy (non-hydrogen) atoms. The van der Waals surface area contributed by atoms with Crippen LogP contribution in [0.15, 0.2) is 18.2 Å². The quantitative estimate of drug-likeness (QED) is 0.820. The van der Waals surface area contributed by atoms with Crippen LogP contribution in [0.3, 0.4) is 0 Å². The summed E-state index contributed by atoms with van der Waals surface area (Å²) in [7, 11) is 0. The molecule has 0 bridgehead atoms. The van der Waals surface area contributed by atoms with Crippen molar-refractivity contribution in [1.82, 2.24) is 10.3 Å². The summed E-state index contributed by atoms with van der Waals surface area (Å²) in [4.78, 5) is 27.2. The van der Waals surface area contributed by atoms with Crippen LogP contribution in [-0.2, 0) is 4.79 Å². The molecule has 0 aliphatic carbocycles. The maximum absolute atomic E-state index is 11.8. The Balaban J connectivity index is 2.74. The van der Waals surface area contributed by atoms with E-state index < -0.39 is 6.04 Å². The Morgan fingerprint density at radius 1 is 1.41 bits per heavy atom. The van der Waals surface area contributed by atoms with Crippen molar-refractivity contribution in [2.45, 2.75) is 32.7 Å². The molecule has 1 rings (SSSR count). The number of rotatable bonds is 5. The maximum Gasteiger partial charge on any atom is 0.270 e. The first-order valence-electron chi connectivity index (χ1n) is 5.54. The van der Waals surface area contributed by atoms with Crippen molar-refractivity contribution >= 4 is 23.3 Å². The molecule has 1 atom stereocenters. The number of hydrogen-bond acceptors (Lipinski definition) is 3. The fourth-order valence-corrected chi connectivity index (χ4v) is 1.59. The van der Waals surface area contributed by atoms with Gasteiger partial charge in [-0.25, -0.2) is 4.98 Å². The second kappa shape index (κ2) is 6.35. The van der Waals surface area contributed by atoms with Crippen LogP contribution in [0.4, 0.5) is 0 Å². The monoisotopic (exact) mass is 254 g/mol. The number of nitrogens with zero attached hydrogens (tertiary/aromatic N) is 1. The number of Topliss-reactive ketones (excluding diaryl/α,β-unsaturated/α-hetero) is 1. The van der Waals surface area contributed by atoms with E-state index in [-0.39, 0.29) is 22.5 Å². The summed E-state index contributed by atoms with van der Waals surface area (Å²) in [6.45, 7) is 3.62. The number of amides is 1. The lowest BCUT2D eigenvalue weighted by atomic mass is 10.1. The highest BCUT2D eigenvalue weighted by atomic mass is 35.5. The van der Waals surface area contributed by atoms with E-state index in [1.807, 2.05) is 6.92 Å². The van der Waals surface area contributed by atoms with Gasteiger partial charge in [0.1, 0.15) is 10.8 Å². The third-order valence-electron chi connectivity index (χ3n) is 2.40. The van der Waals surface area contributed by atoms with Crippen molar-refractivity contribution in [2.24, 2.45) is 0 Å². The summed E-state index contributed by atoms with van der Waals surface area (Å²) in [5, 5.41) is 2.91. The van der Waals surface area contributed by atoms with Crippen LogP contribution < -0.4 is 5.32 Å². The standard InChI is InChI=1S/C12H15ClN2O2/c1-3-8(10(16)4-2)15-12(17)9-6-5-7-11(13)14-9/h5-8H,3-4H2,1-2H3,(H,15,17). The molecule has 0 spiro atoms. The fraction of sp³-hybridized carbons (Fsp3) is 0.417. The molecule has 5 heteroatoms. The van der Waals surface area contributed by atoms with Gasteiger partial charge in [-0.1, -0.05) is 31.5 Å². The van der Waals surface area contributed by atoms with Gasteiger partial charge < -0.3 is 5.32 Å². The molecule has 0 saturated heterocycles. The number of pyridine rings is 1. The number of nitrogens with one attached hydrogen (secondary N) is 1. The third kappa shape index (κ3) is 3.82. The SMILES string of the molecule is CCC(=O)C(CC)NC(=O)c1cccc(Cl)n1. The van der Waals surface area contributed by atoms with Crippen LogP contribution in [0, 0.1) is 0 Å². The van der Waals surface area contributed by atoms with Crippen molar-refractivity contribution in [2.75, 3.05) is 0 Å². The van der Waals surface area contributed by atoms with Crippen LogP contribution in [0.2, 0.25) is 5.15 Å². The Bertz CT molecular complexity index is 421. The molecule has 1 N–H and O–H groups in total. The first-order valence-corrected chi connectivity index (χ1v) is 5.92. The highest BCUT2D eigenvalue weighted by Crippen LogP contribution is 2.06. The van der Waals surface area contributed by atoms with Gasteiger partial charge >= 0.3 is 0 Å². The summed E-state index contributed by atoms with van der Waals surface area (Å²) < 4.78 is 0. The van der Waals surface area contributed by atoms with Gasteiger partial charge in [-0.05, 0) is 18.6 Å². The summed E-state index contributed by atoms with van der Waals surface area (Å²) in [6.07, 6.45) is 0.973. The van der Waals surface area contributed by atoms with E-state index in [1.165, 1.54) is 0 Å². The first-order chi connectivity index (χ1) is 8.08. The molecule has 1 amide bonds. The van der Waals surface area contributed by atoms with E-state index in [0.29, 0.717) is 12.8 Å². The zero-order valence-electron chi connectivity index (χ0n) is 9.87. The van der Waals surface area contributed by atoms with E-state index in [4.69, 9.17) is 11.6 Å².